The molecule has 1 aromatic rings. The van der Waals surface area contributed by atoms with Crippen molar-refractivity contribution in [2.45, 2.75) is 32.1 Å². The smallest absolute Gasteiger partial charge is 0.313 e. The first-order chi connectivity index (χ1) is 9.61. The van der Waals surface area contributed by atoms with Crippen molar-refractivity contribution in [1.29, 1.82) is 0 Å². The molecular weight excluding hydrogens is 311 g/mol. The summed E-state index contributed by atoms with van der Waals surface area (Å²) < 4.78 is 66.1. The number of hydrogen-bond donors (Lipinski definition) is 1. The van der Waals surface area contributed by atoms with E-state index >= 15 is 0 Å². The van der Waals surface area contributed by atoms with Crippen LogP contribution in [0.15, 0.2) is 0 Å². The number of aryl methyl sites for hydroxylation is 1. The SMILES string of the molecule is CN(C)S(=O)(=O)NCc1nnc2n1CC(C(F)(F)F)CC2. The highest BCUT2D eigenvalue weighted by Crippen LogP contribution is 2.34. The molecule has 0 aliphatic carbocycles. The summed E-state index contributed by atoms with van der Waals surface area (Å²) >= 11 is 0. The van der Waals surface area contributed by atoms with E-state index in [1.807, 2.05) is 0 Å². The van der Waals surface area contributed by atoms with Crippen molar-refractivity contribution >= 4 is 10.2 Å². The number of alkyl halides is 3. The normalized spacial score (nSPS) is 19.8. The number of rotatable bonds is 4. The van der Waals surface area contributed by atoms with Gasteiger partial charge in [-0.05, 0) is 6.42 Å². The van der Waals surface area contributed by atoms with Crippen LogP contribution >= 0.6 is 0 Å². The third-order valence-corrected chi connectivity index (χ3v) is 4.85. The molecule has 0 amide bonds. The molecule has 21 heavy (non-hydrogen) atoms. The topological polar surface area (TPSA) is 80.1 Å². The number of fused-ring (bicyclic) bond motifs is 1. The molecule has 1 aliphatic rings. The summed E-state index contributed by atoms with van der Waals surface area (Å²) in [6.45, 7) is -0.469. The zero-order valence-electron chi connectivity index (χ0n) is 11.6. The van der Waals surface area contributed by atoms with Crippen molar-refractivity contribution in [2.75, 3.05) is 14.1 Å². The lowest BCUT2D eigenvalue weighted by Crippen LogP contribution is -2.37. The van der Waals surface area contributed by atoms with Crippen molar-refractivity contribution in [3.05, 3.63) is 11.6 Å². The highest BCUT2D eigenvalue weighted by Gasteiger charge is 2.42. The van der Waals surface area contributed by atoms with Crippen LogP contribution < -0.4 is 4.72 Å². The summed E-state index contributed by atoms with van der Waals surface area (Å²) in [5.41, 5.74) is 0. The highest BCUT2D eigenvalue weighted by atomic mass is 32.2. The maximum atomic E-state index is 12.8. The Morgan fingerprint density at radius 1 is 1.38 bits per heavy atom. The number of halogens is 3. The second kappa shape index (κ2) is 5.54. The molecule has 0 aromatic carbocycles. The molecule has 2 rings (SSSR count). The third-order valence-electron chi connectivity index (χ3n) is 3.38. The Labute approximate surface area is 120 Å². The molecule has 0 fully saturated rings. The van der Waals surface area contributed by atoms with Crippen LogP contribution in [-0.4, -0.2) is 47.8 Å². The number of nitrogens with one attached hydrogen (secondary N) is 1. The first-order valence-electron chi connectivity index (χ1n) is 6.26. The van der Waals surface area contributed by atoms with Gasteiger partial charge < -0.3 is 4.57 Å². The summed E-state index contributed by atoms with van der Waals surface area (Å²) in [5, 5.41) is 7.59. The van der Waals surface area contributed by atoms with E-state index in [1.54, 1.807) is 0 Å². The molecule has 2 heterocycles. The molecule has 0 saturated heterocycles. The molecular formula is C10H16F3N5O2S. The fraction of sp³-hybridized carbons (Fsp3) is 0.800. The van der Waals surface area contributed by atoms with Gasteiger partial charge in [0, 0.05) is 27.1 Å². The first kappa shape index (κ1) is 16.2. The van der Waals surface area contributed by atoms with Crippen molar-refractivity contribution in [2.24, 2.45) is 5.92 Å². The average molecular weight is 327 g/mol. The van der Waals surface area contributed by atoms with Gasteiger partial charge in [0.2, 0.25) is 0 Å². The zero-order chi connectivity index (χ0) is 15.8. The highest BCUT2D eigenvalue weighted by molar-refractivity contribution is 7.87. The van der Waals surface area contributed by atoms with Crippen LogP contribution in [0.2, 0.25) is 0 Å². The second-order valence-electron chi connectivity index (χ2n) is 5.03. The standard InChI is InChI=1S/C10H16F3N5O2S/c1-17(2)21(19,20)14-5-9-16-15-8-4-3-7(6-18(8)9)10(11,12)13/h7,14H,3-6H2,1-2H3. The first-order valence-corrected chi connectivity index (χ1v) is 7.70. The van der Waals surface area contributed by atoms with Crippen molar-refractivity contribution in [1.82, 2.24) is 23.8 Å². The van der Waals surface area contributed by atoms with Gasteiger partial charge in [-0.25, -0.2) is 0 Å². The Morgan fingerprint density at radius 3 is 2.62 bits per heavy atom. The van der Waals surface area contributed by atoms with Gasteiger partial charge in [-0.2, -0.15) is 30.6 Å². The molecule has 1 aliphatic heterocycles. The third kappa shape index (κ3) is 3.52. The minimum Gasteiger partial charge on any atom is -0.313 e. The van der Waals surface area contributed by atoms with Crippen LogP contribution in [0.5, 0.6) is 0 Å². The molecule has 11 heteroatoms. The summed E-state index contributed by atoms with van der Waals surface area (Å²) in [4.78, 5) is 0. The van der Waals surface area contributed by atoms with E-state index in [-0.39, 0.29) is 31.8 Å². The Kier molecular flexibility index (Phi) is 4.26. The number of hydrogen-bond acceptors (Lipinski definition) is 4. The van der Waals surface area contributed by atoms with Crippen LogP contribution in [-0.2, 0) is 29.7 Å². The van der Waals surface area contributed by atoms with Crippen LogP contribution in [0.1, 0.15) is 18.1 Å². The van der Waals surface area contributed by atoms with Gasteiger partial charge in [0.25, 0.3) is 10.2 Å². The molecule has 1 N–H and O–H groups in total. The van der Waals surface area contributed by atoms with E-state index < -0.39 is 22.3 Å². The maximum Gasteiger partial charge on any atom is 0.393 e. The lowest BCUT2D eigenvalue weighted by atomic mass is 9.99. The molecule has 1 aromatic heterocycles. The summed E-state index contributed by atoms with van der Waals surface area (Å²) in [6, 6.07) is 0. The zero-order valence-corrected chi connectivity index (χ0v) is 12.4. The van der Waals surface area contributed by atoms with E-state index in [4.69, 9.17) is 0 Å². The Hall–Kier alpha value is -1.20. The number of nitrogens with zero attached hydrogens (tertiary/aromatic N) is 4. The molecule has 1 unspecified atom stereocenters. The van der Waals surface area contributed by atoms with Gasteiger partial charge in [0.15, 0.2) is 0 Å². The molecule has 0 radical (unpaired) electrons. The van der Waals surface area contributed by atoms with Gasteiger partial charge in [-0.15, -0.1) is 10.2 Å². The molecule has 0 saturated carbocycles. The van der Waals surface area contributed by atoms with E-state index in [9.17, 15) is 21.6 Å². The summed E-state index contributed by atoms with van der Waals surface area (Å²) in [7, 11) is -0.966. The average Bonchev–Trinajstić information content (AvgIpc) is 2.77. The van der Waals surface area contributed by atoms with E-state index in [0.29, 0.717) is 5.82 Å². The quantitative estimate of drug-likeness (QED) is 0.862. The fourth-order valence-electron chi connectivity index (χ4n) is 2.07. The Balaban J connectivity index is 2.13. The van der Waals surface area contributed by atoms with Gasteiger partial charge in [-0.1, -0.05) is 0 Å². The second-order valence-corrected chi connectivity index (χ2v) is 7.00. The van der Waals surface area contributed by atoms with Gasteiger partial charge in [0.05, 0.1) is 12.5 Å². The predicted octanol–water partition coefficient (Wildman–Crippen LogP) is 0.299. The lowest BCUT2D eigenvalue weighted by Gasteiger charge is -2.26. The lowest BCUT2D eigenvalue weighted by molar-refractivity contribution is -0.182. The van der Waals surface area contributed by atoms with Crippen molar-refractivity contribution in [3.8, 4) is 0 Å². The van der Waals surface area contributed by atoms with Crippen molar-refractivity contribution in [3.63, 3.8) is 0 Å². The molecule has 7 nitrogen and oxygen atoms in total. The minimum absolute atomic E-state index is 0.0228. The molecule has 0 spiro atoms. The Bertz CT molecular complexity index is 611. The number of aromatic nitrogens is 3. The monoisotopic (exact) mass is 327 g/mol. The van der Waals surface area contributed by atoms with Gasteiger partial charge in [-0.3, -0.25) is 0 Å². The van der Waals surface area contributed by atoms with E-state index in [1.165, 1.54) is 18.7 Å². The van der Waals surface area contributed by atoms with E-state index in [2.05, 4.69) is 14.9 Å². The minimum atomic E-state index is -4.28. The van der Waals surface area contributed by atoms with Crippen LogP contribution in [0.4, 0.5) is 13.2 Å². The van der Waals surface area contributed by atoms with Gasteiger partial charge >= 0.3 is 6.18 Å². The largest absolute Gasteiger partial charge is 0.393 e. The van der Waals surface area contributed by atoms with Crippen molar-refractivity contribution < 1.29 is 21.6 Å². The van der Waals surface area contributed by atoms with Gasteiger partial charge in [0.1, 0.15) is 11.6 Å². The van der Waals surface area contributed by atoms with Crippen LogP contribution in [0, 0.1) is 5.92 Å². The predicted molar refractivity (Wildman–Crippen MR) is 67.3 cm³/mol. The summed E-state index contributed by atoms with van der Waals surface area (Å²) in [6.07, 6.45) is -4.12. The maximum absolute atomic E-state index is 12.8. The molecule has 120 valence electrons. The fourth-order valence-corrected chi connectivity index (χ4v) is 2.64. The summed E-state index contributed by atoms with van der Waals surface area (Å²) in [5.74, 6) is -0.816. The van der Waals surface area contributed by atoms with Crippen LogP contribution in [0.25, 0.3) is 0 Å². The van der Waals surface area contributed by atoms with Crippen LogP contribution in [0.3, 0.4) is 0 Å². The van der Waals surface area contributed by atoms with E-state index in [0.717, 1.165) is 4.31 Å². The molecule has 1 atom stereocenters. The molecule has 0 bridgehead atoms. The Morgan fingerprint density at radius 2 is 2.05 bits per heavy atom.